The lowest BCUT2D eigenvalue weighted by atomic mass is 10.2. The van der Waals surface area contributed by atoms with Gasteiger partial charge in [-0.05, 0) is 54.5 Å². The minimum atomic E-state index is -0.384. The Hall–Kier alpha value is -2.64. The first-order valence-corrected chi connectivity index (χ1v) is 9.68. The van der Waals surface area contributed by atoms with Crippen molar-refractivity contribution in [3.05, 3.63) is 70.6 Å². The second-order valence-corrected chi connectivity index (χ2v) is 7.42. The van der Waals surface area contributed by atoms with Gasteiger partial charge in [-0.15, -0.1) is 0 Å². The molecule has 0 aromatic heterocycles. The van der Waals surface area contributed by atoms with Crippen LogP contribution in [-0.4, -0.2) is 27.8 Å². The van der Waals surface area contributed by atoms with Gasteiger partial charge in [-0.25, -0.2) is 0 Å². The van der Waals surface area contributed by atoms with E-state index in [1.165, 1.54) is 0 Å². The largest absolute Gasteiger partial charge is 0.494 e. The van der Waals surface area contributed by atoms with Crippen molar-refractivity contribution in [1.82, 2.24) is 10.4 Å². The summed E-state index contributed by atoms with van der Waals surface area (Å²) >= 11 is 6.40. The number of nitrogens with one attached hydrogen (secondary N) is 1. The lowest BCUT2D eigenvalue weighted by Crippen LogP contribution is -2.44. The Bertz CT molecular complexity index is 880. The first-order chi connectivity index (χ1) is 13.1. The summed E-state index contributed by atoms with van der Waals surface area (Å²) in [6.07, 6.45) is 2.69. The summed E-state index contributed by atoms with van der Waals surface area (Å²) in [6, 6.07) is 16.1. The van der Waals surface area contributed by atoms with Crippen molar-refractivity contribution < 1.29 is 14.3 Å². The first kappa shape index (κ1) is 19.1. The zero-order valence-electron chi connectivity index (χ0n) is 14.7. The Morgan fingerprint density at radius 1 is 1.19 bits per heavy atom. The Kier molecular flexibility index (Phi) is 6.26. The van der Waals surface area contributed by atoms with Crippen molar-refractivity contribution in [2.45, 2.75) is 13.3 Å². The summed E-state index contributed by atoms with van der Waals surface area (Å²) in [5.74, 6) is 0.0582. The molecule has 0 unspecified atom stereocenters. The molecule has 138 valence electrons. The molecule has 2 aromatic rings. The van der Waals surface area contributed by atoms with Crippen LogP contribution in [0.5, 0.6) is 5.75 Å². The number of nitrogens with zero attached hydrogens (tertiary/aromatic N) is 1. The lowest BCUT2D eigenvalue weighted by Gasteiger charge is -2.15. The van der Waals surface area contributed by atoms with E-state index < -0.39 is 0 Å². The van der Waals surface area contributed by atoms with E-state index in [0.29, 0.717) is 21.4 Å². The second-order valence-electron chi connectivity index (χ2n) is 5.74. The Balaban J connectivity index is 1.70. The third kappa shape index (κ3) is 4.75. The zero-order chi connectivity index (χ0) is 19.2. The van der Waals surface area contributed by atoms with Gasteiger partial charge in [0.15, 0.2) is 4.32 Å². The average molecular weight is 399 g/mol. The maximum absolute atomic E-state index is 12.6. The third-order valence-electron chi connectivity index (χ3n) is 3.69. The molecule has 0 bridgehead atoms. The minimum absolute atomic E-state index is 0.290. The first-order valence-electron chi connectivity index (χ1n) is 8.45. The van der Waals surface area contributed by atoms with Gasteiger partial charge < -0.3 is 4.74 Å². The van der Waals surface area contributed by atoms with Crippen molar-refractivity contribution in [2.24, 2.45) is 0 Å². The number of thioether (sulfide) groups is 1. The van der Waals surface area contributed by atoms with Crippen molar-refractivity contribution in [1.29, 1.82) is 0 Å². The van der Waals surface area contributed by atoms with Crippen molar-refractivity contribution in [3.8, 4) is 5.75 Å². The van der Waals surface area contributed by atoms with Gasteiger partial charge in [-0.3, -0.25) is 15.0 Å². The molecule has 0 atom stereocenters. The number of benzene rings is 2. The molecule has 7 heteroatoms. The summed E-state index contributed by atoms with van der Waals surface area (Å²) in [5, 5.41) is 1.11. The smallest absolute Gasteiger partial charge is 0.285 e. The number of hydrazine groups is 1. The van der Waals surface area contributed by atoms with E-state index in [-0.39, 0.29) is 11.8 Å². The fraction of sp³-hybridized carbons (Fsp3) is 0.150. The molecule has 1 heterocycles. The molecule has 2 amide bonds. The van der Waals surface area contributed by atoms with Gasteiger partial charge in [0.05, 0.1) is 11.5 Å². The highest BCUT2D eigenvalue weighted by Crippen LogP contribution is 2.31. The maximum Gasteiger partial charge on any atom is 0.285 e. The summed E-state index contributed by atoms with van der Waals surface area (Å²) in [5.41, 5.74) is 3.88. The van der Waals surface area contributed by atoms with E-state index in [2.05, 4.69) is 5.43 Å². The standard InChI is InChI=1S/C20H18N2O3S2/c1-2-12-25-16-10-8-14(9-11-16)13-17-19(24)22(20(26)27-17)21-18(23)15-6-4-3-5-7-15/h3-11,13H,2,12H2,1H3,(H,21,23). The van der Waals surface area contributed by atoms with Gasteiger partial charge in [0, 0.05) is 5.56 Å². The van der Waals surface area contributed by atoms with E-state index in [1.807, 2.05) is 37.3 Å². The Morgan fingerprint density at radius 3 is 2.56 bits per heavy atom. The van der Waals surface area contributed by atoms with E-state index in [0.717, 1.165) is 34.5 Å². The van der Waals surface area contributed by atoms with E-state index >= 15 is 0 Å². The highest BCUT2D eigenvalue weighted by Gasteiger charge is 2.33. The van der Waals surface area contributed by atoms with E-state index in [4.69, 9.17) is 17.0 Å². The molecule has 0 aliphatic carbocycles. The summed E-state index contributed by atoms with van der Waals surface area (Å²) in [6.45, 7) is 2.71. The van der Waals surface area contributed by atoms with Gasteiger partial charge in [0.2, 0.25) is 0 Å². The molecule has 2 aromatic carbocycles. The fourth-order valence-electron chi connectivity index (χ4n) is 2.35. The quantitative estimate of drug-likeness (QED) is 0.588. The predicted molar refractivity (Wildman–Crippen MR) is 111 cm³/mol. The van der Waals surface area contributed by atoms with Crippen LogP contribution in [0.25, 0.3) is 6.08 Å². The van der Waals surface area contributed by atoms with E-state index in [1.54, 1.807) is 30.3 Å². The molecular formula is C20H18N2O3S2. The number of rotatable bonds is 6. The molecule has 3 rings (SSSR count). The highest BCUT2D eigenvalue weighted by molar-refractivity contribution is 8.26. The van der Waals surface area contributed by atoms with Gasteiger partial charge in [0.25, 0.3) is 11.8 Å². The normalized spacial score (nSPS) is 15.3. The molecule has 27 heavy (non-hydrogen) atoms. The van der Waals surface area contributed by atoms with Crippen LogP contribution in [0.2, 0.25) is 0 Å². The number of carbonyl (C=O) groups is 2. The van der Waals surface area contributed by atoms with Gasteiger partial charge in [-0.1, -0.05) is 49.0 Å². The van der Waals surface area contributed by atoms with Crippen molar-refractivity contribution in [2.75, 3.05) is 6.61 Å². The van der Waals surface area contributed by atoms with Gasteiger partial charge >= 0.3 is 0 Å². The van der Waals surface area contributed by atoms with Crippen LogP contribution in [0.4, 0.5) is 0 Å². The molecule has 5 nitrogen and oxygen atoms in total. The van der Waals surface area contributed by atoms with E-state index in [9.17, 15) is 9.59 Å². The summed E-state index contributed by atoms with van der Waals surface area (Å²) < 4.78 is 5.84. The molecule has 1 saturated heterocycles. The number of hydrogen-bond acceptors (Lipinski definition) is 5. The second kappa shape index (κ2) is 8.83. The van der Waals surface area contributed by atoms with Crippen LogP contribution in [0.3, 0.4) is 0 Å². The van der Waals surface area contributed by atoms with Crippen LogP contribution >= 0.6 is 24.0 Å². The van der Waals surface area contributed by atoms with Gasteiger partial charge in [0.1, 0.15) is 5.75 Å². The van der Waals surface area contributed by atoms with Gasteiger partial charge in [-0.2, -0.15) is 5.01 Å². The Morgan fingerprint density at radius 2 is 1.89 bits per heavy atom. The van der Waals surface area contributed by atoms with Crippen molar-refractivity contribution >= 4 is 46.2 Å². The van der Waals surface area contributed by atoms with Crippen LogP contribution in [0, 0.1) is 0 Å². The summed E-state index contributed by atoms with van der Waals surface area (Å²) in [7, 11) is 0. The molecular weight excluding hydrogens is 380 g/mol. The molecule has 0 spiro atoms. The number of hydrogen-bond donors (Lipinski definition) is 1. The lowest BCUT2D eigenvalue weighted by molar-refractivity contribution is -0.123. The van der Waals surface area contributed by atoms with Crippen LogP contribution < -0.4 is 10.2 Å². The SMILES string of the molecule is CCCOc1ccc(C=C2SC(=S)N(NC(=O)c3ccccc3)C2=O)cc1. The number of thiocarbonyl (C=S) groups is 1. The minimum Gasteiger partial charge on any atom is -0.494 e. The molecule has 1 aliphatic rings. The number of amides is 2. The molecule has 0 radical (unpaired) electrons. The van der Waals surface area contributed by atoms with Crippen LogP contribution in [-0.2, 0) is 4.79 Å². The third-order valence-corrected chi connectivity index (χ3v) is 5.00. The number of ether oxygens (including phenoxy) is 1. The van der Waals surface area contributed by atoms with Crippen LogP contribution in [0.1, 0.15) is 29.3 Å². The number of carbonyl (C=O) groups excluding carboxylic acids is 2. The molecule has 1 fully saturated rings. The Labute approximate surface area is 167 Å². The van der Waals surface area contributed by atoms with Crippen LogP contribution in [0.15, 0.2) is 59.5 Å². The topological polar surface area (TPSA) is 58.6 Å². The average Bonchev–Trinajstić information content (AvgIpc) is 2.95. The zero-order valence-corrected chi connectivity index (χ0v) is 16.3. The summed E-state index contributed by atoms with van der Waals surface area (Å²) in [4.78, 5) is 25.3. The molecule has 1 N–H and O–H groups in total. The fourth-order valence-corrected chi connectivity index (χ4v) is 3.53. The molecule has 1 aliphatic heterocycles. The monoisotopic (exact) mass is 398 g/mol. The molecule has 0 saturated carbocycles. The maximum atomic E-state index is 12.6. The predicted octanol–water partition coefficient (Wildman–Crippen LogP) is 4.02. The van der Waals surface area contributed by atoms with Crippen molar-refractivity contribution in [3.63, 3.8) is 0 Å². The highest BCUT2D eigenvalue weighted by atomic mass is 32.2.